The Morgan fingerprint density at radius 1 is 1.43 bits per heavy atom. The van der Waals surface area contributed by atoms with Crippen LogP contribution in [-0.2, 0) is 4.79 Å². The molecule has 0 aliphatic heterocycles. The Balaban J connectivity index is 4.17. The van der Waals surface area contributed by atoms with E-state index < -0.39 is 0 Å². The molecule has 84 valence electrons. The number of hydrogen-bond donors (Lipinski definition) is 2. The fourth-order valence-corrected chi connectivity index (χ4v) is 1.12. The molecule has 0 aliphatic rings. The van der Waals surface area contributed by atoms with Gasteiger partial charge in [-0.15, -0.1) is 0 Å². The van der Waals surface area contributed by atoms with E-state index in [1.165, 1.54) is 0 Å². The van der Waals surface area contributed by atoms with Crippen molar-refractivity contribution in [2.45, 2.75) is 59.0 Å². The van der Waals surface area contributed by atoms with E-state index in [-0.39, 0.29) is 23.4 Å². The van der Waals surface area contributed by atoms with Gasteiger partial charge in [-0.3, -0.25) is 4.79 Å². The molecule has 3 heteroatoms. The average Bonchev–Trinajstić information content (AvgIpc) is 2.03. The third-order valence-electron chi connectivity index (χ3n) is 2.75. The maximum atomic E-state index is 11.7. The lowest BCUT2D eigenvalue weighted by Gasteiger charge is -2.31. The second kappa shape index (κ2) is 5.35. The van der Waals surface area contributed by atoms with Gasteiger partial charge in [-0.1, -0.05) is 20.3 Å². The van der Waals surface area contributed by atoms with Crippen molar-refractivity contribution >= 4 is 5.91 Å². The van der Waals surface area contributed by atoms with Gasteiger partial charge in [-0.2, -0.15) is 0 Å². The number of carbonyl (C=O) groups excluding carboxylic acids is 1. The molecule has 3 nitrogen and oxygen atoms in total. The molecule has 0 aromatic rings. The van der Waals surface area contributed by atoms with Gasteiger partial charge in [0.2, 0.25) is 5.91 Å². The van der Waals surface area contributed by atoms with E-state index in [9.17, 15) is 4.79 Å². The van der Waals surface area contributed by atoms with E-state index in [0.29, 0.717) is 0 Å². The van der Waals surface area contributed by atoms with Gasteiger partial charge in [-0.05, 0) is 27.2 Å². The summed E-state index contributed by atoms with van der Waals surface area (Å²) in [7, 11) is 0. The van der Waals surface area contributed by atoms with Crippen molar-refractivity contribution in [3.8, 4) is 0 Å². The highest BCUT2D eigenvalue weighted by Crippen LogP contribution is 2.11. The normalized spacial score (nSPS) is 16.1. The van der Waals surface area contributed by atoms with Gasteiger partial charge < -0.3 is 11.1 Å². The molecule has 0 aromatic heterocycles. The summed E-state index contributed by atoms with van der Waals surface area (Å²) in [6.07, 6.45) is 1.97. The molecule has 1 amide bonds. The molecule has 0 heterocycles. The predicted octanol–water partition coefficient (Wildman–Crippen LogP) is 1.66. The lowest BCUT2D eigenvalue weighted by molar-refractivity contribution is -0.126. The number of amides is 1. The number of rotatable bonds is 5. The largest absolute Gasteiger partial charge is 0.349 e. The molecular formula is C11H24N2O. The zero-order chi connectivity index (χ0) is 11.4. The van der Waals surface area contributed by atoms with Gasteiger partial charge in [0.25, 0.3) is 0 Å². The van der Waals surface area contributed by atoms with Gasteiger partial charge in [-0.25, -0.2) is 0 Å². The summed E-state index contributed by atoms with van der Waals surface area (Å²) in [5, 5.41) is 2.98. The van der Waals surface area contributed by atoms with Crippen LogP contribution >= 0.6 is 0 Å². The summed E-state index contributed by atoms with van der Waals surface area (Å²) in [4.78, 5) is 11.7. The fraction of sp³-hybridized carbons (Fsp3) is 0.909. The molecule has 0 saturated carbocycles. The third kappa shape index (κ3) is 4.09. The summed E-state index contributed by atoms with van der Waals surface area (Å²) >= 11 is 0. The molecule has 0 bridgehead atoms. The van der Waals surface area contributed by atoms with Crippen LogP contribution in [0.15, 0.2) is 0 Å². The van der Waals surface area contributed by atoms with Crippen LogP contribution in [0.5, 0.6) is 0 Å². The minimum atomic E-state index is -0.320. The van der Waals surface area contributed by atoms with Gasteiger partial charge in [0.15, 0.2) is 0 Å². The van der Waals surface area contributed by atoms with E-state index >= 15 is 0 Å². The molecule has 0 rings (SSSR count). The highest BCUT2D eigenvalue weighted by molar-refractivity contribution is 5.79. The second-order valence-corrected chi connectivity index (χ2v) is 4.69. The van der Waals surface area contributed by atoms with E-state index in [1.807, 2.05) is 27.7 Å². The highest BCUT2D eigenvalue weighted by Gasteiger charge is 2.26. The topological polar surface area (TPSA) is 55.1 Å². The molecule has 0 spiro atoms. The Morgan fingerprint density at radius 2 is 1.93 bits per heavy atom. The smallest absolute Gasteiger partial charge is 0.223 e. The first-order valence-electron chi connectivity index (χ1n) is 5.38. The number of hydrogen-bond acceptors (Lipinski definition) is 2. The Labute approximate surface area is 87.4 Å². The van der Waals surface area contributed by atoms with E-state index in [4.69, 9.17) is 5.73 Å². The molecule has 0 aliphatic carbocycles. The Hall–Kier alpha value is -0.570. The van der Waals surface area contributed by atoms with Crippen LogP contribution in [0.2, 0.25) is 0 Å². The van der Waals surface area contributed by atoms with Crippen LogP contribution in [0, 0.1) is 5.92 Å². The average molecular weight is 200 g/mol. The maximum absolute atomic E-state index is 11.7. The van der Waals surface area contributed by atoms with Crippen LogP contribution in [0.3, 0.4) is 0 Å². The minimum Gasteiger partial charge on any atom is -0.349 e. The van der Waals surface area contributed by atoms with Gasteiger partial charge in [0, 0.05) is 17.5 Å². The quantitative estimate of drug-likeness (QED) is 0.709. The summed E-state index contributed by atoms with van der Waals surface area (Å²) in [6, 6.07) is -0.0414. The van der Waals surface area contributed by atoms with E-state index in [0.717, 1.165) is 12.8 Å². The molecule has 0 saturated heterocycles. The molecule has 2 unspecified atom stereocenters. The third-order valence-corrected chi connectivity index (χ3v) is 2.75. The summed E-state index contributed by atoms with van der Waals surface area (Å²) in [6.45, 7) is 9.85. The number of carbonyl (C=O) groups is 1. The van der Waals surface area contributed by atoms with Crippen molar-refractivity contribution in [2.75, 3.05) is 0 Å². The zero-order valence-corrected chi connectivity index (χ0v) is 10.1. The van der Waals surface area contributed by atoms with Crippen LogP contribution in [0.25, 0.3) is 0 Å². The molecule has 3 N–H and O–H groups in total. The van der Waals surface area contributed by atoms with E-state index in [2.05, 4.69) is 12.2 Å². The highest BCUT2D eigenvalue weighted by atomic mass is 16.2. The standard InChI is InChI=1S/C11H24N2O/c1-6-7-8(2)10(14)13-11(4,5)9(3)12/h8-9H,6-7,12H2,1-5H3,(H,13,14). The Bertz CT molecular complexity index is 188. The van der Waals surface area contributed by atoms with Crippen molar-refractivity contribution in [3.05, 3.63) is 0 Å². The second-order valence-electron chi connectivity index (χ2n) is 4.69. The van der Waals surface area contributed by atoms with Gasteiger partial charge in [0.1, 0.15) is 0 Å². The molecule has 2 atom stereocenters. The lowest BCUT2D eigenvalue weighted by atomic mass is 9.95. The lowest BCUT2D eigenvalue weighted by Crippen LogP contribution is -2.55. The first-order valence-corrected chi connectivity index (χ1v) is 5.38. The van der Waals surface area contributed by atoms with Crippen molar-refractivity contribution in [3.63, 3.8) is 0 Å². The summed E-state index contributed by atoms with van der Waals surface area (Å²) in [5.74, 6) is 0.187. The van der Waals surface area contributed by atoms with E-state index in [1.54, 1.807) is 0 Å². The van der Waals surface area contributed by atoms with Crippen molar-refractivity contribution in [1.29, 1.82) is 0 Å². The van der Waals surface area contributed by atoms with Crippen LogP contribution < -0.4 is 11.1 Å². The Kier molecular flexibility index (Phi) is 5.13. The monoisotopic (exact) mass is 200 g/mol. The molecular weight excluding hydrogens is 176 g/mol. The number of nitrogens with two attached hydrogens (primary N) is 1. The molecule has 0 fully saturated rings. The fourth-order valence-electron chi connectivity index (χ4n) is 1.12. The summed E-state index contributed by atoms with van der Waals surface area (Å²) < 4.78 is 0. The van der Waals surface area contributed by atoms with Gasteiger partial charge in [0.05, 0.1) is 0 Å². The molecule has 0 radical (unpaired) electrons. The van der Waals surface area contributed by atoms with Crippen LogP contribution in [-0.4, -0.2) is 17.5 Å². The minimum absolute atomic E-state index is 0.0414. The van der Waals surface area contributed by atoms with Crippen molar-refractivity contribution in [2.24, 2.45) is 11.7 Å². The van der Waals surface area contributed by atoms with Gasteiger partial charge >= 0.3 is 0 Å². The first-order chi connectivity index (χ1) is 6.31. The molecule has 14 heavy (non-hydrogen) atoms. The zero-order valence-electron chi connectivity index (χ0n) is 10.1. The summed E-state index contributed by atoms with van der Waals surface area (Å²) in [5.41, 5.74) is 5.46. The SMILES string of the molecule is CCCC(C)C(=O)NC(C)(C)C(C)N. The first kappa shape index (κ1) is 13.4. The van der Waals surface area contributed by atoms with Crippen LogP contribution in [0.4, 0.5) is 0 Å². The molecule has 0 aromatic carbocycles. The van der Waals surface area contributed by atoms with Crippen molar-refractivity contribution < 1.29 is 4.79 Å². The van der Waals surface area contributed by atoms with Crippen LogP contribution in [0.1, 0.15) is 47.5 Å². The predicted molar refractivity (Wildman–Crippen MR) is 59.9 cm³/mol. The Morgan fingerprint density at radius 3 is 2.29 bits per heavy atom. The maximum Gasteiger partial charge on any atom is 0.223 e. The number of nitrogens with one attached hydrogen (secondary N) is 1. The van der Waals surface area contributed by atoms with Crippen molar-refractivity contribution in [1.82, 2.24) is 5.32 Å².